The van der Waals surface area contributed by atoms with E-state index in [1.807, 2.05) is 0 Å². The lowest BCUT2D eigenvalue weighted by molar-refractivity contribution is -0.125. The number of anilines is 2. The van der Waals surface area contributed by atoms with Crippen LogP contribution in [0.5, 0.6) is 0 Å². The monoisotopic (exact) mass is 474 g/mol. The lowest BCUT2D eigenvalue weighted by Gasteiger charge is -2.28. The SMILES string of the molecule is CCCNc1nc(NCC(C)C)ncc1C#CCCCNC(=O)[C@H](C)N(C)C(=O)OC(C)(C)C. The van der Waals surface area contributed by atoms with Crippen LogP contribution in [0.3, 0.4) is 0 Å². The van der Waals surface area contributed by atoms with Crippen molar-refractivity contribution >= 4 is 23.8 Å². The van der Waals surface area contributed by atoms with E-state index in [2.05, 4.69) is 58.5 Å². The molecule has 0 fully saturated rings. The lowest BCUT2D eigenvalue weighted by Crippen LogP contribution is -2.47. The van der Waals surface area contributed by atoms with Crippen molar-refractivity contribution in [1.29, 1.82) is 0 Å². The predicted molar refractivity (Wildman–Crippen MR) is 137 cm³/mol. The molecule has 0 aliphatic rings. The van der Waals surface area contributed by atoms with E-state index in [1.54, 1.807) is 40.9 Å². The van der Waals surface area contributed by atoms with Crippen LogP contribution in [0.25, 0.3) is 0 Å². The van der Waals surface area contributed by atoms with Gasteiger partial charge in [0.25, 0.3) is 0 Å². The van der Waals surface area contributed by atoms with Crippen molar-refractivity contribution in [3.8, 4) is 11.8 Å². The summed E-state index contributed by atoms with van der Waals surface area (Å²) in [5, 5.41) is 9.39. The van der Waals surface area contributed by atoms with E-state index in [-0.39, 0.29) is 5.91 Å². The maximum absolute atomic E-state index is 12.4. The normalized spacial score (nSPS) is 11.8. The molecule has 1 rings (SSSR count). The van der Waals surface area contributed by atoms with Gasteiger partial charge in [0.2, 0.25) is 11.9 Å². The van der Waals surface area contributed by atoms with Crippen LogP contribution in [-0.2, 0) is 9.53 Å². The Morgan fingerprint density at radius 2 is 1.88 bits per heavy atom. The predicted octanol–water partition coefficient (Wildman–Crippen LogP) is 3.87. The van der Waals surface area contributed by atoms with Gasteiger partial charge in [-0.3, -0.25) is 9.69 Å². The number of ether oxygens (including phenoxy) is 1. The first-order valence-corrected chi connectivity index (χ1v) is 12.0. The number of hydrogen-bond donors (Lipinski definition) is 3. The van der Waals surface area contributed by atoms with Gasteiger partial charge in [0.05, 0.1) is 11.8 Å². The zero-order chi connectivity index (χ0) is 25.7. The van der Waals surface area contributed by atoms with Gasteiger partial charge in [-0.15, -0.1) is 0 Å². The zero-order valence-electron chi connectivity index (χ0n) is 22.0. The first-order valence-electron chi connectivity index (χ1n) is 12.0. The summed E-state index contributed by atoms with van der Waals surface area (Å²) in [5.41, 5.74) is 0.141. The number of hydrogen-bond acceptors (Lipinski definition) is 7. The summed E-state index contributed by atoms with van der Waals surface area (Å²) in [6.45, 7) is 15.5. The molecule has 9 nitrogen and oxygen atoms in total. The highest BCUT2D eigenvalue weighted by Crippen LogP contribution is 2.14. The number of carbonyl (C=O) groups excluding carboxylic acids is 2. The van der Waals surface area contributed by atoms with Crippen molar-refractivity contribution in [2.45, 2.75) is 79.4 Å². The molecule has 0 aromatic carbocycles. The fraction of sp³-hybridized carbons (Fsp3) is 0.680. The van der Waals surface area contributed by atoms with Gasteiger partial charge in [-0.1, -0.05) is 32.6 Å². The number of unbranched alkanes of at least 4 members (excludes halogenated alkanes) is 1. The van der Waals surface area contributed by atoms with Crippen LogP contribution in [0, 0.1) is 17.8 Å². The quantitative estimate of drug-likeness (QED) is 0.330. The summed E-state index contributed by atoms with van der Waals surface area (Å²) in [5.74, 6) is 7.84. The van der Waals surface area contributed by atoms with Gasteiger partial charge in [-0.2, -0.15) is 4.98 Å². The third kappa shape index (κ3) is 11.2. The molecule has 34 heavy (non-hydrogen) atoms. The molecular formula is C25H42N6O3. The van der Waals surface area contributed by atoms with E-state index in [9.17, 15) is 9.59 Å². The van der Waals surface area contributed by atoms with Gasteiger partial charge in [-0.25, -0.2) is 9.78 Å². The molecule has 0 saturated carbocycles. The summed E-state index contributed by atoms with van der Waals surface area (Å²) in [7, 11) is 1.56. The minimum absolute atomic E-state index is 0.231. The van der Waals surface area contributed by atoms with E-state index < -0.39 is 17.7 Å². The van der Waals surface area contributed by atoms with Crippen molar-refractivity contribution < 1.29 is 14.3 Å². The Hall–Kier alpha value is -3.02. The average molecular weight is 475 g/mol. The van der Waals surface area contributed by atoms with Crippen molar-refractivity contribution in [2.24, 2.45) is 5.92 Å². The van der Waals surface area contributed by atoms with Crippen LogP contribution >= 0.6 is 0 Å². The number of likely N-dealkylation sites (N-methyl/N-ethyl adjacent to an activating group) is 1. The molecule has 0 unspecified atom stereocenters. The molecule has 0 aliphatic heterocycles. The van der Waals surface area contributed by atoms with Crippen LogP contribution < -0.4 is 16.0 Å². The fourth-order valence-electron chi connectivity index (χ4n) is 2.59. The first-order chi connectivity index (χ1) is 15.9. The number of aromatic nitrogens is 2. The molecule has 1 aromatic rings. The summed E-state index contributed by atoms with van der Waals surface area (Å²) in [4.78, 5) is 34.7. The maximum Gasteiger partial charge on any atom is 0.410 e. The van der Waals surface area contributed by atoms with Crippen LogP contribution in [-0.4, -0.2) is 65.2 Å². The Bertz CT molecular complexity index is 854. The Morgan fingerprint density at radius 1 is 1.18 bits per heavy atom. The van der Waals surface area contributed by atoms with Crippen LogP contribution in [0.4, 0.5) is 16.6 Å². The number of rotatable bonds is 11. The van der Waals surface area contributed by atoms with E-state index in [4.69, 9.17) is 4.74 Å². The smallest absolute Gasteiger partial charge is 0.410 e. The summed E-state index contributed by atoms with van der Waals surface area (Å²) in [6, 6.07) is -0.631. The molecular weight excluding hydrogens is 432 g/mol. The lowest BCUT2D eigenvalue weighted by atomic mass is 10.2. The number of nitrogens with one attached hydrogen (secondary N) is 3. The van der Waals surface area contributed by atoms with E-state index >= 15 is 0 Å². The Kier molecular flexibility index (Phi) is 12.2. The average Bonchev–Trinajstić information content (AvgIpc) is 2.76. The third-order valence-electron chi connectivity index (χ3n) is 4.64. The van der Waals surface area contributed by atoms with Crippen LogP contribution in [0.15, 0.2) is 6.20 Å². The Labute approximate surface area is 204 Å². The molecule has 3 N–H and O–H groups in total. The van der Waals surface area contributed by atoms with Gasteiger partial charge in [0, 0.05) is 33.1 Å². The van der Waals surface area contributed by atoms with Crippen LogP contribution in [0.2, 0.25) is 0 Å². The highest BCUT2D eigenvalue weighted by molar-refractivity contribution is 5.85. The fourth-order valence-corrected chi connectivity index (χ4v) is 2.59. The van der Waals surface area contributed by atoms with E-state index in [1.165, 1.54) is 4.90 Å². The zero-order valence-corrected chi connectivity index (χ0v) is 22.0. The number of amides is 2. The number of nitrogens with zero attached hydrogens (tertiary/aromatic N) is 3. The summed E-state index contributed by atoms with van der Waals surface area (Å²) < 4.78 is 5.31. The molecule has 1 atom stereocenters. The topological polar surface area (TPSA) is 108 Å². The minimum atomic E-state index is -0.631. The Balaban J connectivity index is 2.56. The minimum Gasteiger partial charge on any atom is -0.444 e. The molecule has 0 aliphatic carbocycles. The van der Waals surface area contributed by atoms with Crippen molar-refractivity contribution in [3.05, 3.63) is 11.8 Å². The molecule has 1 heterocycles. The van der Waals surface area contributed by atoms with Gasteiger partial charge >= 0.3 is 6.09 Å². The largest absolute Gasteiger partial charge is 0.444 e. The second-order valence-corrected chi connectivity index (χ2v) is 9.62. The van der Waals surface area contributed by atoms with Crippen molar-refractivity contribution in [1.82, 2.24) is 20.2 Å². The van der Waals surface area contributed by atoms with E-state index in [0.717, 1.165) is 30.9 Å². The second-order valence-electron chi connectivity index (χ2n) is 9.62. The second kappa shape index (κ2) is 14.3. The number of carbonyl (C=O) groups is 2. The van der Waals surface area contributed by atoms with Crippen molar-refractivity contribution in [2.75, 3.05) is 37.3 Å². The highest BCUT2D eigenvalue weighted by atomic mass is 16.6. The summed E-state index contributed by atoms with van der Waals surface area (Å²) >= 11 is 0. The van der Waals surface area contributed by atoms with E-state index in [0.29, 0.717) is 31.3 Å². The molecule has 1 aromatic heterocycles. The van der Waals surface area contributed by atoms with Crippen molar-refractivity contribution in [3.63, 3.8) is 0 Å². The third-order valence-corrected chi connectivity index (χ3v) is 4.64. The molecule has 0 saturated heterocycles. The van der Waals surface area contributed by atoms with Gasteiger partial charge in [-0.05, 0) is 46.5 Å². The first kappa shape index (κ1) is 29.0. The standard InChI is InChI=1S/C25H42N6O3/c1-9-14-26-21-20(17-29-23(30-21)28-16-18(2)3)13-11-10-12-15-27-22(32)19(4)31(8)24(33)34-25(5,6)7/h17-19H,9-10,12,14-16H2,1-8H3,(H,27,32)(H2,26,28,29,30)/t19-/m0/s1. The van der Waals surface area contributed by atoms with Gasteiger partial charge in [0.1, 0.15) is 17.5 Å². The van der Waals surface area contributed by atoms with Gasteiger partial charge in [0.15, 0.2) is 0 Å². The Morgan fingerprint density at radius 3 is 2.50 bits per heavy atom. The molecule has 9 heteroatoms. The maximum atomic E-state index is 12.4. The van der Waals surface area contributed by atoms with Gasteiger partial charge < -0.3 is 20.7 Å². The van der Waals surface area contributed by atoms with Crippen LogP contribution in [0.1, 0.15) is 73.3 Å². The molecule has 2 amide bonds. The highest BCUT2D eigenvalue weighted by Gasteiger charge is 2.26. The molecule has 190 valence electrons. The molecule has 0 radical (unpaired) electrons. The molecule has 0 spiro atoms. The summed E-state index contributed by atoms with van der Waals surface area (Å²) in [6.07, 6.45) is 3.48. The molecule has 0 bridgehead atoms.